The van der Waals surface area contributed by atoms with Crippen LogP contribution in [0.3, 0.4) is 0 Å². The topological polar surface area (TPSA) is 61.8 Å². The molecule has 3 rings (SSSR count). The van der Waals surface area contributed by atoms with Crippen molar-refractivity contribution in [2.24, 2.45) is 10.9 Å². The Kier molecular flexibility index (Phi) is 9.68. The molecule has 0 saturated carbocycles. The van der Waals surface area contributed by atoms with E-state index >= 15 is 0 Å². The number of pyridine rings is 1. The Labute approximate surface area is 197 Å². The minimum absolute atomic E-state index is 0. The van der Waals surface area contributed by atoms with E-state index in [9.17, 15) is 0 Å². The molecule has 164 valence electrons. The van der Waals surface area contributed by atoms with Crippen LogP contribution in [0.4, 0.5) is 5.69 Å². The van der Waals surface area contributed by atoms with Gasteiger partial charge in [0.2, 0.25) is 0 Å². The van der Waals surface area contributed by atoms with Crippen molar-refractivity contribution in [2.75, 3.05) is 38.7 Å². The Bertz CT molecular complexity index is 799. The summed E-state index contributed by atoms with van der Waals surface area (Å²) in [6.45, 7) is 7.25. The second kappa shape index (κ2) is 12.0. The van der Waals surface area contributed by atoms with Crippen LogP contribution < -0.4 is 20.3 Å². The molecule has 1 aliphatic heterocycles. The van der Waals surface area contributed by atoms with Gasteiger partial charge in [0.05, 0.1) is 12.8 Å². The highest BCUT2D eigenvalue weighted by Gasteiger charge is 2.25. The molecule has 2 N–H and O–H groups in total. The molecular formula is C23H34IN5O. The van der Waals surface area contributed by atoms with Crippen LogP contribution in [0.15, 0.2) is 53.8 Å². The number of hydrogen-bond acceptors (Lipinski definition) is 4. The second-order valence-electron chi connectivity index (χ2n) is 7.84. The SMILES string of the molecule is CN=C(NCC(c1cccnc1)C(C)C)NC1CCN(c2ccccc2OC)C1.I. The molecule has 0 radical (unpaired) electrons. The maximum absolute atomic E-state index is 5.52. The molecule has 6 nitrogen and oxygen atoms in total. The fraction of sp³-hybridized carbons (Fsp3) is 0.478. The molecule has 1 fully saturated rings. The van der Waals surface area contributed by atoms with Crippen molar-refractivity contribution in [3.63, 3.8) is 0 Å². The Balaban J connectivity index is 0.00000320. The van der Waals surface area contributed by atoms with Crippen LogP contribution in [0.1, 0.15) is 31.7 Å². The van der Waals surface area contributed by atoms with Gasteiger partial charge in [-0.2, -0.15) is 0 Å². The van der Waals surface area contributed by atoms with Gasteiger partial charge in [-0.1, -0.05) is 32.0 Å². The van der Waals surface area contributed by atoms with Crippen LogP contribution >= 0.6 is 24.0 Å². The highest BCUT2D eigenvalue weighted by Crippen LogP contribution is 2.30. The number of aromatic nitrogens is 1. The first-order chi connectivity index (χ1) is 14.1. The van der Waals surface area contributed by atoms with E-state index in [-0.39, 0.29) is 24.0 Å². The molecule has 1 aliphatic rings. The van der Waals surface area contributed by atoms with Gasteiger partial charge in [-0.05, 0) is 36.1 Å². The van der Waals surface area contributed by atoms with Gasteiger partial charge in [-0.25, -0.2) is 0 Å². The van der Waals surface area contributed by atoms with Crippen molar-refractivity contribution in [1.82, 2.24) is 15.6 Å². The van der Waals surface area contributed by atoms with Gasteiger partial charge in [-0.3, -0.25) is 9.98 Å². The highest BCUT2D eigenvalue weighted by atomic mass is 127. The molecule has 7 heteroatoms. The van der Waals surface area contributed by atoms with E-state index in [1.54, 1.807) is 7.11 Å². The Morgan fingerprint density at radius 2 is 2.07 bits per heavy atom. The first-order valence-corrected chi connectivity index (χ1v) is 10.4. The lowest BCUT2D eigenvalue weighted by Gasteiger charge is -2.24. The molecule has 0 aliphatic carbocycles. The summed E-state index contributed by atoms with van der Waals surface area (Å²) in [6, 6.07) is 12.7. The number of hydrogen-bond donors (Lipinski definition) is 2. The highest BCUT2D eigenvalue weighted by molar-refractivity contribution is 14.0. The average Bonchev–Trinajstić information content (AvgIpc) is 3.22. The number of nitrogens with one attached hydrogen (secondary N) is 2. The number of anilines is 1. The largest absolute Gasteiger partial charge is 0.495 e. The molecule has 1 saturated heterocycles. The lowest BCUT2D eigenvalue weighted by atomic mass is 9.89. The summed E-state index contributed by atoms with van der Waals surface area (Å²) in [5.41, 5.74) is 2.41. The Hall–Kier alpha value is -2.03. The van der Waals surface area contributed by atoms with E-state index in [0.717, 1.165) is 43.5 Å². The number of para-hydroxylation sites is 2. The first-order valence-electron chi connectivity index (χ1n) is 10.4. The van der Waals surface area contributed by atoms with Crippen molar-refractivity contribution in [1.29, 1.82) is 0 Å². The molecule has 30 heavy (non-hydrogen) atoms. The Morgan fingerprint density at radius 1 is 1.27 bits per heavy atom. The van der Waals surface area contributed by atoms with Crippen LogP contribution in [0.2, 0.25) is 0 Å². The number of benzene rings is 1. The summed E-state index contributed by atoms with van der Waals surface area (Å²) in [5, 5.41) is 7.11. The monoisotopic (exact) mass is 523 g/mol. The minimum Gasteiger partial charge on any atom is -0.495 e. The molecule has 2 atom stereocenters. The standard InChI is InChI=1S/C23H33N5O.HI/c1-17(2)20(18-8-7-12-25-14-18)15-26-23(24-3)27-19-11-13-28(16-19)21-9-5-6-10-22(21)29-4;/h5-10,12,14,17,19-20H,11,13,15-16H2,1-4H3,(H2,24,26,27);1H. The third kappa shape index (κ3) is 6.23. The fourth-order valence-electron chi connectivity index (χ4n) is 3.92. The van der Waals surface area contributed by atoms with E-state index in [0.29, 0.717) is 17.9 Å². The number of nitrogens with zero attached hydrogens (tertiary/aromatic N) is 3. The normalized spacial score (nSPS) is 17.4. The minimum atomic E-state index is 0. The summed E-state index contributed by atoms with van der Waals surface area (Å²) in [7, 11) is 3.56. The summed E-state index contributed by atoms with van der Waals surface area (Å²) in [5.74, 6) is 2.67. The summed E-state index contributed by atoms with van der Waals surface area (Å²) < 4.78 is 5.52. The molecular weight excluding hydrogens is 489 g/mol. The molecule has 2 aromatic rings. The molecule has 0 spiro atoms. The lowest BCUT2D eigenvalue weighted by molar-refractivity contribution is 0.415. The third-order valence-corrected chi connectivity index (χ3v) is 5.59. The van der Waals surface area contributed by atoms with Gasteiger partial charge in [0.25, 0.3) is 0 Å². The molecule has 2 heterocycles. The Morgan fingerprint density at radius 3 is 2.73 bits per heavy atom. The van der Waals surface area contributed by atoms with E-state index < -0.39 is 0 Å². The smallest absolute Gasteiger partial charge is 0.191 e. The zero-order valence-electron chi connectivity index (χ0n) is 18.3. The average molecular weight is 523 g/mol. The van der Waals surface area contributed by atoms with Crippen LogP contribution in [-0.4, -0.2) is 50.8 Å². The molecule has 0 amide bonds. The number of rotatable bonds is 7. The van der Waals surface area contributed by atoms with Crippen molar-refractivity contribution in [3.05, 3.63) is 54.4 Å². The zero-order chi connectivity index (χ0) is 20.6. The van der Waals surface area contributed by atoms with Crippen molar-refractivity contribution < 1.29 is 4.74 Å². The summed E-state index contributed by atoms with van der Waals surface area (Å²) in [4.78, 5) is 11.1. The third-order valence-electron chi connectivity index (χ3n) is 5.59. The fourth-order valence-corrected chi connectivity index (χ4v) is 3.92. The maximum atomic E-state index is 5.52. The first kappa shape index (κ1) is 24.2. The zero-order valence-corrected chi connectivity index (χ0v) is 20.7. The van der Waals surface area contributed by atoms with Crippen LogP contribution in [0.5, 0.6) is 5.75 Å². The number of ether oxygens (including phenoxy) is 1. The van der Waals surface area contributed by atoms with Gasteiger partial charge in [0.1, 0.15) is 5.75 Å². The quantitative estimate of drug-likeness (QED) is 0.328. The van der Waals surface area contributed by atoms with Crippen molar-refractivity contribution in [3.8, 4) is 5.75 Å². The van der Waals surface area contributed by atoms with Crippen LogP contribution in [-0.2, 0) is 0 Å². The van der Waals surface area contributed by atoms with Crippen LogP contribution in [0, 0.1) is 5.92 Å². The number of methoxy groups -OCH3 is 1. The van der Waals surface area contributed by atoms with Gasteiger partial charge < -0.3 is 20.3 Å². The van der Waals surface area contributed by atoms with Crippen molar-refractivity contribution >= 4 is 35.6 Å². The predicted molar refractivity (Wildman–Crippen MR) is 135 cm³/mol. The molecule has 0 bridgehead atoms. The maximum Gasteiger partial charge on any atom is 0.191 e. The number of guanidine groups is 1. The summed E-state index contributed by atoms with van der Waals surface area (Å²) >= 11 is 0. The molecule has 1 aromatic heterocycles. The predicted octanol–water partition coefficient (Wildman–Crippen LogP) is 3.89. The lowest BCUT2D eigenvalue weighted by Crippen LogP contribution is -2.46. The van der Waals surface area contributed by atoms with Gasteiger partial charge in [0, 0.05) is 51.0 Å². The van der Waals surface area contributed by atoms with E-state index in [1.165, 1.54) is 5.56 Å². The van der Waals surface area contributed by atoms with Gasteiger partial charge >= 0.3 is 0 Å². The molecule has 2 unspecified atom stereocenters. The second-order valence-corrected chi connectivity index (χ2v) is 7.84. The van der Waals surface area contributed by atoms with Gasteiger partial charge in [0.15, 0.2) is 5.96 Å². The summed E-state index contributed by atoms with van der Waals surface area (Å²) in [6.07, 6.45) is 4.85. The number of halogens is 1. The van der Waals surface area contributed by atoms with E-state index in [1.807, 2.05) is 37.6 Å². The van der Waals surface area contributed by atoms with Gasteiger partial charge in [-0.15, -0.1) is 24.0 Å². The van der Waals surface area contributed by atoms with E-state index in [4.69, 9.17) is 4.74 Å². The number of aliphatic imine (C=N–C) groups is 1. The van der Waals surface area contributed by atoms with Crippen molar-refractivity contribution in [2.45, 2.75) is 32.2 Å². The van der Waals surface area contributed by atoms with E-state index in [2.05, 4.69) is 57.6 Å². The molecule has 1 aromatic carbocycles. The van der Waals surface area contributed by atoms with Crippen LogP contribution in [0.25, 0.3) is 0 Å².